The molecule has 0 radical (unpaired) electrons. The topological polar surface area (TPSA) is 115 Å². The number of benzene rings is 1. The van der Waals surface area contributed by atoms with Gasteiger partial charge in [0, 0.05) is 55.8 Å². The van der Waals surface area contributed by atoms with Gasteiger partial charge in [0.2, 0.25) is 5.91 Å². The standard InChI is InChI=1S/C25H31N3O6S/c1-33-19-7-5-17(6-8-19)21(29)9-10-22(30)28-14-11-18(12-15-28)25-27-20(16-35-25)24(32)26-13-3-4-23(31)34-2/h5-8,16,18H,3-4,9-15H2,1-2H3,(H,26,32). The third kappa shape index (κ3) is 7.61. The zero-order valence-electron chi connectivity index (χ0n) is 20.1. The normalized spacial score (nSPS) is 13.8. The Hall–Kier alpha value is -3.27. The van der Waals surface area contributed by atoms with Crippen LogP contribution >= 0.6 is 11.3 Å². The number of piperidine rings is 1. The molecule has 2 amide bonds. The fourth-order valence-electron chi connectivity index (χ4n) is 3.88. The van der Waals surface area contributed by atoms with Gasteiger partial charge in [0.15, 0.2) is 5.78 Å². The number of nitrogens with one attached hydrogen (secondary N) is 1. The summed E-state index contributed by atoms with van der Waals surface area (Å²) in [5.41, 5.74) is 0.947. The fraction of sp³-hybridized carbons (Fsp3) is 0.480. The van der Waals surface area contributed by atoms with E-state index in [0.717, 1.165) is 17.8 Å². The Labute approximate surface area is 208 Å². The molecule has 10 heteroatoms. The third-order valence-corrected chi connectivity index (χ3v) is 7.01. The number of carbonyl (C=O) groups is 4. The Balaban J connectivity index is 1.40. The van der Waals surface area contributed by atoms with Crippen molar-refractivity contribution in [2.75, 3.05) is 33.9 Å². The molecule has 1 aromatic heterocycles. The SMILES string of the molecule is COC(=O)CCCNC(=O)c1csc(C2CCN(C(=O)CCC(=O)c3ccc(OC)cc3)CC2)n1. The van der Waals surface area contributed by atoms with Crippen molar-refractivity contribution < 1.29 is 28.7 Å². The number of likely N-dealkylation sites (tertiary alicyclic amines) is 1. The highest BCUT2D eigenvalue weighted by Gasteiger charge is 2.26. The molecule has 188 valence electrons. The van der Waals surface area contributed by atoms with Crippen LogP contribution in [-0.4, -0.2) is 67.3 Å². The van der Waals surface area contributed by atoms with Gasteiger partial charge in [-0.05, 0) is 43.5 Å². The molecule has 0 saturated carbocycles. The van der Waals surface area contributed by atoms with Gasteiger partial charge in [0.05, 0.1) is 19.2 Å². The number of methoxy groups -OCH3 is 2. The van der Waals surface area contributed by atoms with Crippen molar-refractivity contribution in [1.82, 2.24) is 15.2 Å². The molecule has 1 aromatic carbocycles. The summed E-state index contributed by atoms with van der Waals surface area (Å²) in [4.78, 5) is 54.7. The first-order chi connectivity index (χ1) is 16.9. The lowest BCUT2D eigenvalue weighted by molar-refractivity contribution is -0.140. The number of esters is 1. The average molecular weight is 502 g/mol. The smallest absolute Gasteiger partial charge is 0.305 e. The molecule has 0 aliphatic carbocycles. The highest BCUT2D eigenvalue weighted by atomic mass is 32.1. The first kappa shape index (κ1) is 26.3. The van der Waals surface area contributed by atoms with E-state index >= 15 is 0 Å². The van der Waals surface area contributed by atoms with Crippen LogP contribution in [0.3, 0.4) is 0 Å². The molecule has 2 aromatic rings. The molecule has 1 fully saturated rings. The van der Waals surface area contributed by atoms with Crippen molar-refractivity contribution in [1.29, 1.82) is 0 Å². The zero-order valence-corrected chi connectivity index (χ0v) is 20.9. The number of ketones is 1. The lowest BCUT2D eigenvalue weighted by Gasteiger charge is -2.31. The van der Waals surface area contributed by atoms with Crippen LogP contribution in [-0.2, 0) is 14.3 Å². The molecule has 35 heavy (non-hydrogen) atoms. The monoisotopic (exact) mass is 501 g/mol. The second kappa shape index (κ2) is 13.0. The largest absolute Gasteiger partial charge is 0.497 e. The zero-order chi connectivity index (χ0) is 25.2. The molecule has 9 nitrogen and oxygen atoms in total. The van der Waals surface area contributed by atoms with E-state index < -0.39 is 0 Å². The molecule has 0 bridgehead atoms. The van der Waals surface area contributed by atoms with E-state index in [0.29, 0.717) is 43.1 Å². The molecular weight excluding hydrogens is 470 g/mol. The molecule has 0 atom stereocenters. The summed E-state index contributed by atoms with van der Waals surface area (Å²) in [6.45, 7) is 1.59. The number of amides is 2. The maximum atomic E-state index is 12.6. The van der Waals surface area contributed by atoms with Crippen LogP contribution in [0.4, 0.5) is 0 Å². The Bertz CT molecular complexity index is 1030. The van der Waals surface area contributed by atoms with Gasteiger partial charge in [-0.2, -0.15) is 0 Å². The highest BCUT2D eigenvalue weighted by molar-refractivity contribution is 7.09. The number of rotatable bonds is 11. The molecule has 1 aliphatic heterocycles. The highest BCUT2D eigenvalue weighted by Crippen LogP contribution is 2.30. The molecule has 1 saturated heterocycles. The Morgan fingerprint density at radius 1 is 1.06 bits per heavy atom. The van der Waals surface area contributed by atoms with Crippen molar-refractivity contribution in [2.45, 2.75) is 44.4 Å². The van der Waals surface area contributed by atoms with Crippen LogP contribution in [0.1, 0.15) is 70.3 Å². The van der Waals surface area contributed by atoms with Gasteiger partial charge in [-0.15, -0.1) is 11.3 Å². The number of aromatic nitrogens is 1. The van der Waals surface area contributed by atoms with E-state index in [4.69, 9.17) is 4.74 Å². The Morgan fingerprint density at radius 3 is 2.43 bits per heavy atom. The summed E-state index contributed by atoms with van der Waals surface area (Å²) in [7, 11) is 2.91. The van der Waals surface area contributed by atoms with Crippen LogP contribution in [0.25, 0.3) is 0 Å². The van der Waals surface area contributed by atoms with Gasteiger partial charge in [0.1, 0.15) is 11.4 Å². The molecule has 0 unspecified atom stereocenters. The molecule has 1 N–H and O–H groups in total. The maximum Gasteiger partial charge on any atom is 0.305 e. The van der Waals surface area contributed by atoms with Crippen molar-refractivity contribution in [3.63, 3.8) is 0 Å². The van der Waals surface area contributed by atoms with Crippen molar-refractivity contribution in [3.8, 4) is 5.75 Å². The van der Waals surface area contributed by atoms with Gasteiger partial charge in [0.25, 0.3) is 5.91 Å². The van der Waals surface area contributed by atoms with Crippen molar-refractivity contribution >= 4 is 34.9 Å². The fourth-order valence-corrected chi connectivity index (χ4v) is 4.85. The van der Waals surface area contributed by atoms with Gasteiger partial charge in [-0.25, -0.2) is 4.98 Å². The molecule has 1 aliphatic rings. The summed E-state index contributed by atoms with van der Waals surface area (Å²) < 4.78 is 9.68. The molecule has 0 spiro atoms. The lowest BCUT2D eigenvalue weighted by Crippen LogP contribution is -2.38. The summed E-state index contributed by atoms with van der Waals surface area (Å²) in [6.07, 6.45) is 2.67. The first-order valence-corrected chi connectivity index (χ1v) is 12.5. The number of hydrogen-bond acceptors (Lipinski definition) is 8. The van der Waals surface area contributed by atoms with Gasteiger partial charge >= 0.3 is 5.97 Å². The summed E-state index contributed by atoms with van der Waals surface area (Å²) in [5, 5.41) is 5.41. The number of hydrogen-bond donors (Lipinski definition) is 1. The van der Waals surface area contributed by atoms with Gasteiger partial charge in [-0.3, -0.25) is 19.2 Å². The Kier molecular flexibility index (Phi) is 9.77. The van der Waals surface area contributed by atoms with Crippen molar-refractivity contribution in [3.05, 3.63) is 45.9 Å². The molecule has 3 rings (SSSR count). The van der Waals surface area contributed by atoms with Crippen LogP contribution in [0.15, 0.2) is 29.6 Å². The quantitative estimate of drug-likeness (QED) is 0.286. The van der Waals surface area contributed by atoms with Crippen LogP contribution in [0.2, 0.25) is 0 Å². The van der Waals surface area contributed by atoms with Gasteiger partial charge < -0.3 is 19.7 Å². The van der Waals surface area contributed by atoms with Gasteiger partial charge in [-0.1, -0.05) is 0 Å². The van der Waals surface area contributed by atoms with Crippen molar-refractivity contribution in [2.24, 2.45) is 0 Å². The number of nitrogens with zero attached hydrogens (tertiary/aromatic N) is 2. The second-order valence-corrected chi connectivity index (χ2v) is 9.20. The predicted molar refractivity (Wildman–Crippen MR) is 131 cm³/mol. The second-order valence-electron chi connectivity index (χ2n) is 8.31. The van der Waals surface area contributed by atoms with E-state index in [1.165, 1.54) is 18.4 Å². The first-order valence-electron chi connectivity index (χ1n) is 11.7. The minimum Gasteiger partial charge on any atom is -0.497 e. The lowest BCUT2D eigenvalue weighted by atomic mass is 9.97. The minimum absolute atomic E-state index is 0.0172. The number of thiazole rings is 1. The summed E-state index contributed by atoms with van der Waals surface area (Å²) in [6, 6.07) is 6.89. The van der Waals surface area contributed by atoms with Crippen LogP contribution in [0, 0.1) is 0 Å². The number of Topliss-reactive ketones (excluding diaryl/α,β-unsaturated/α-hetero) is 1. The summed E-state index contributed by atoms with van der Waals surface area (Å²) >= 11 is 1.45. The third-order valence-electron chi connectivity index (χ3n) is 6.00. The van der Waals surface area contributed by atoms with E-state index in [2.05, 4.69) is 15.0 Å². The van der Waals surface area contributed by atoms with Crippen LogP contribution < -0.4 is 10.1 Å². The molecule has 2 heterocycles. The van der Waals surface area contributed by atoms with E-state index in [1.807, 2.05) is 0 Å². The Morgan fingerprint density at radius 2 is 1.77 bits per heavy atom. The average Bonchev–Trinajstić information content (AvgIpc) is 3.40. The van der Waals surface area contributed by atoms with E-state index in [-0.39, 0.29) is 48.7 Å². The molecular formula is C25H31N3O6S. The minimum atomic E-state index is -0.302. The summed E-state index contributed by atoms with van der Waals surface area (Å²) in [5.74, 6) is 0.247. The van der Waals surface area contributed by atoms with E-state index in [9.17, 15) is 19.2 Å². The maximum absolute atomic E-state index is 12.6. The van der Waals surface area contributed by atoms with Crippen LogP contribution in [0.5, 0.6) is 5.75 Å². The number of carbonyl (C=O) groups excluding carboxylic acids is 4. The number of ether oxygens (including phenoxy) is 2. The van der Waals surface area contributed by atoms with E-state index in [1.54, 1.807) is 41.7 Å². The predicted octanol–water partition coefficient (Wildman–Crippen LogP) is 3.20.